The Bertz CT molecular complexity index is 705. The molecule has 0 rings (SSSR count). The number of sulfone groups is 2. The first-order chi connectivity index (χ1) is 11.2. The van der Waals surface area contributed by atoms with Crippen LogP contribution in [0.1, 0.15) is 0 Å². The van der Waals surface area contributed by atoms with E-state index in [-0.39, 0.29) is 0 Å². The Morgan fingerprint density at radius 1 is 0.444 bits per heavy atom. The number of halogens is 14. The highest BCUT2D eigenvalue weighted by Crippen LogP contribution is 2.52. The summed E-state index contributed by atoms with van der Waals surface area (Å²) in [6.45, 7) is 0. The third kappa shape index (κ3) is 3.77. The molecular formula is C7H2F14O4S2. The average Bonchev–Trinajstić information content (AvgIpc) is 2.33. The summed E-state index contributed by atoms with van der Waals surface area (Å²) in [5, 5.41) is -19.3. The van der Waals surface area contributed by atoms with Gasteiger partial charge in [0, 0.05) is 0 Å². The molecule has 0 aliphatic rings. The second-order valence-electron chi connectivity index (χ2n) is 4.53. The molecule has 0 saturated carbocycles. The average molecular weight is 480 g/mol. The summed E-state index contributed by atoms with van der Waals surface area (Å²) in [4.78, 5) is 0. The van der Waals surface area contributed by atoms with Gasteiger partial charge in [-0.15, -0.1) is 0 Å². The smallest absolute Gasteiger partial charge is 0.221 e. The molecule has 0 atom stereocenters. The molecule has 164 valence electrons. The summed E-state index contributed by atoms with van der Waals surface area (Å²) in [7, 11) is -15.8. The normalized spacial score (nSPS) is 16.5. The van der Waals surface area contributed by atoms with Crippen LogP contribution in [0.5, 0.6) is 0 Å². The van der Waals surface area contributed by atoms with Crippen molar-refractivity contribution >= 4 is 19.7 Å². The largest absolute Gasteiger partial charge is 0.461 e. The molecule has 0 bridgehead atoms. The van der Waals surface area contributed by atoms with Crippen LogP contribution in [0.4, 0.5) is 61.5 Å². The summed E-state index contributed by atoms with van der Waals surface area (Å²) < 4.78 is 216. The summed E-state index contributed by atoms with van der Waals surface area (Å²) in [5.41, 5.74) is 0. The molecule has 0 N–H and O–H groups in total. The Morgan fingerprint density at radius 3 is 0.778 bits per heavy atom. The van der Waals surface area contributed by atoms with E-state index < -0.39 is 59.5 Å². The highest BCUT2D eigenvalue weighted by atomic mass is 32.3. The van der Waals surface area contributed by atoms with E-state index in [0.717, 1.165) is 0 Å². The lowest BCUT2D eigenvalue weighted by molar-refractivity contribution is -0.332. The molecule has 0 aromatic carbocycles. The topological polar surface area (TPSA) is 68.3 Å². The number of rotatable bonds is 6. The van der Waals surface area contributed by atoms with Crippen molar-refractivity contribution in [3.05, 3.63) is 0 Å². The highest BCUT2D eigenvalue weighted by Gasteiger charge is 2.82. The predicted octanol–water partition coefficient (Wildman–Crippen LogP) is 3.35. The molecular weight excluding hydrogens is 478 g/mol. The fourth-order valence-electron chi connectivity index (χ4n) is 1.07. The van der Waals surface area contributed by atoms with E-state index in [2.05, 4.69) is 0 Å². The van der Waals surface area contributed by atoms with Crippen LogP contribution in [-0.4, -0.2) is 56.6 Å². The van der Waals surface area contributed by atoms with E-state index >= 15 is 0 Å². The summed E-state index contributed by atoms with van der Waals surface area (Å²) in [5.74, 6) is -15.2. The maximum Gasteiger partial charge on any atom is 0.461 e. The van der Waals surface area contributed by atoms with E-state index in [1.807, 2.05) is 0 Å². The van der Waals surface area contributed by atoms with Gasteiger partial charge in [-0.25, -0.2) is 16.8 Å². The van der Waals surface area contributed by atoms with E-state index in [0.29, 0.717) is 0 Å². The van der Waals surface area contributed by atoms with Crippen LogP contribution in [0.25, 0.3) is 0 Å². The van der Waals surface area contributed by atoms with E-state index in [1.54, 1.807) is 0 Å². The van der Waals surface area contributed by atoms with Gasteiger partial charge in [-0.3, -0.25) is 0 Å². The fraction of sp³-hybridized carbons (Fsp3) is 1.00. The van der Waals surface area contributed by atoms with Crippen LogP contribution in [0, 0.1) is 0 Å². The van der Waals surface area contributed by atoms with Crippen molar-refractivity contribution in [1.29, 1.82) is 0 Å². The van der Waals surface area contributed by atoms with Gasteiger partial charge in [-0.05, 0) is 0 Å². The summed E-state index contributed by atoms with van der Waals surface area (Å²) in [6, 6.07) is 0. The van der Waals surface area contributed by atoms with E-state index in [9.17, 15) is 78.3 Å². The fourth-order valence-corrected chi connectivity index (χ4v) is 4.90. The molecule has 0 radical (unpaired) electrons. The first-order valence-corrected chi connectivity index (χ1v) is 8.60. The Labute approximate surface area is 138 Å². The Morgan fingerprint density at radius 2 is 0.630 bits per heavy atom. The monoisotopic (exact) mass is 480 g/mol. The minimum Gasteiger partial charge on any atom is -0.221 e. The zero-order valence-electron chi connectivity index (χ0n) is 11.4. The predicted molar refractivity (Wildman–Crippen MR) is 54.6 cm³/mol. The van der Waals surface area contributed by atoms with Crippen molar-refractivity contribution in [2.45, 2.75) is 34.7 Å². The summed E-state index contributed by atoms with van der Waals surface area (Å²) in [6.07, 6.45) is -14.8. The molecule has 0 fully saturated rings. The zero-order valence-corrected chi connectivity index (χ0v) is 13.1. The quantitative estimate of drug-likeness (QED) is 0.548. The van der Waals surface area contributed by atoms with E-state index in [1.165, 1.54) is 0 Å². The Hall–Kier alpha value is -1.08. The molecule has 0 saturated heterocycles. The van der Waals surface area contributed by atoms with Crippen LogP contribution >= 0.6 is 0 Å². The SMILES string of the molecule is O=S(=O)(CS(=O)(=O)C(F)(F)C(F)(F)C(F)(F)F)C(F)(F)C(F)(F)C(F)(F)F. The molecule has 0 heterocycles. The zero-order chi connectivity index (χ0) is 22.7. The highest BCUT2D eigenvalue weighted by molar-refractivity contribution is 8.09. The van der Waals surface area contributed by atoms with E-state index in [4.69, 9.17) is 0 Å². The number of alkyl halides is 14. The number of hydrogen-bond donors (Lipinski definition) is 0. The second-order valence-corrected chi connectivity index (χ2v) is 8.95. The second kappa shape index (κ2) is 6.21. The van der Waals surface area contributed by atoms with Gasteiger partial charge in [-0.1, -0.05) is 0 Å². The van der Waals surface area contributed by atoms with Crippen LogP contribution in [0.3, 0.4) is 0 Å². The van der Waals surface area contributed by atoms with Crippen molar-refractivity contribution in [3.8, 4) is 0 Å². The minimum absolute atomic E-state index is 4.29. The van der Waals surface area contributed by atoms with Crippen molar-refractivity contribution in [2.75, 3.05) is 5.08 Å². The lowest BCUT2D eigenvalue weighted by Gasteiger charge is -2.30. The van der Waals surface area contributed by atoms with Crippen molar-refractivity contribution in [1.82, 2.24) is 0 Å². The third-order valence-corrected chi connectivity index (χ3v) is 7.09. The van der Waals surface area contributed by atoms with Crippen LogP contribution in [0.15, 0.2) is 0 Å². The lowest BCUT2D eigenvalue weighted by Crippen LogP contribution is -2.60. The molecule has 0 aromatic heterocycles. The molecule has 0 spiro atoms. The Kier molecular flexibility index (Phi) is 5.96. The van der Waals surface area contributed by atoms with Gasteiger partial charge in [0.2, 0.25) is 19.7 Å². The van der Waals surface area contributed by atoms with Gasteiger partial charge in [0.15, 0.2) is 5.08 Å². The molecule has 4 nitrogen and oxygen atoms in total. The Balaban J connectivity index is 6.37. The first-order valence-electron chi connectivity index (χ1n) is 5.30. The van der Waals surface area contributed by atoms with Gasteiger partial charge in [0.05, 0.1) is 0 Å². The molecule has 0 aliphatic heterocycles. The molecule has 0 unspecified atom stereocenters. The minimum atomic E-state index is -7.92. The van der Waals surface area contributed by atoms with Gasteiger partial charge in [0.25, 0.3) is 0 Å². The summed E-state index contributed by atoms with van der Waals surface area (Å²) >= 11 is 0. The van der Waals surface area contributed by atoms with Gasteiger partial charge >= 0.3 is 34.7 Å². The van der Waals surface area contributed by atoms with Gasteiger partial charge in [0.1, 0.15) is 0 Å². The standard InChI is InChI=1S/C7H2F14O4S2/c8-2(9,4(12,13)14)6(18,19)26(22,23)1-27(24,25)7(20,21)3(10,11)5(15,16)17/h1H2. The maximum atomic E-state index is 12.9. The van der Waals surface area contributed by atoms with Crippen molar-refractivity contribution in [3.63, 3.8) is 0 Å². The molecule has 20 heteroatoms. The molecule has 0 amide bonds. The molecule has 0 aromatic rings. The van der Waals surface area contributed by atoms with Crippen LogP contribution < -0.4 is 0 Å². The van der Waals surface area contributed by atoms with Crippen LogP contribution in [0.2, 0.25) is 0 Å². The number of hydrogen-bond acceptors (Lipinski definition) is 4. The van der Waals surface area contributed by atoms with Gasteiger partial charge < -0.3 is 0 Å². The van der Waals surface area contributed by atoms with Gasteiger partial charge in [-0.2, -0.15) is 61.5 Å². The van der Waals surface area contributed by atoms with Crippen LogP contribution in [-0.2, 0) is 19.7 Å². The molecule has 27 heavy (non-hydrogen) atoms. The van der Waals surface area contributed by atoms with Crippen molar-refractivity contribution < 1.29 is 78.3 Å². The lowest BCUT2D eigenvalue weighted by atomic mass is 10.3. The van der Waals surface area contributed by atoms with Crippen molar-refractivity contribution in [2.24, 2.45) is 0 Å². The third-order valence-electron chi connectivity index (χ3n) is 2.53. The molecule has 0 aliphatic carbocycles. The first kappa shape index (κ1) is 25.9. The maximum absolute atomic E-state index is 12.9.